The molecule has 1 atom stereocenters. The van der Waals surface area contributed by atoms with E-state index < -0.39 is 0 Å². The third-order valence-corrected chi connectivity index (χ3v) is 4.59. The van der Waals surface area contributed by atoms with Gasteiger partial charge in [0.1, 0.15) is 0 Å². The number of aryl methyl sites for hydroxylation is 2. The number of nitrogens with one attached hydrogen (secondary N) is 2. The van der Waals surface area contributed by atoms with Crippen molar-refractivity contribution in [1.29, 1.82) is 0 Å². The smallest absolute Gasteiger partial charge is 0.00796 e. The molecule has 1 aliphatic heterocycles. The zero-order chi connectivity index (χ0) is 12.9. The lowest BCUT2D eigenvalue weighted by Crippen LogP contribution is -2.28. The van der Waals surface area contributed by atoms with Gasteiger partial charge < -0.3 is 10.6 Å². The fourth-order valence-corrected chi connectivity index (χ4v) is 3.42. The average molecular weight is 258 g/mol. The minimum Gasteiger partial charge on any atom is -0.316 e. The highest BCUT2D eigenvalue weighted by molar-refractivity contribution is 5.35. The van der Waals surface area contributed by atoms with Crippen molar-refractivity contribution < 1.29 is 0 Å². The van der Waals surface area contributed by atoms with Crippen LogP contribution in [0.2, 0.25) is 0 Å². The Morgan fingerprint density at radius 2 is 2.05 bits per heavy atom. The molecule has 2 heteroatoms. The number of fused-ring (bicyclic) bond motifs is 1. The Kier molecular flexibility index (Phi) is 4.52. The van der Waals surface area contributed by atoms with Gasteiger partial charge in [0.25, 0.3) is 0 Å². The third kappa shape index (κ3) is 3.58. The third-order valence-electron chi connectivity index (χ3n) is 4.59. The number of rotatable bonds is 6. The first-order valence-electron chi connectivity index (χ1n) is 7.96. The first kappa shape index (κ1) is 13.1. The second-order valence-corrected chi connectivity index (χ2v) is 6.04. The molecule has 2 aliphatic rings. The van der Waals surface area contributed by atoms with E-state index in [0.29, 0.717) is 0 Å². The summed E-state index contributed by atoms with van der Waals surface area (Å²) in [5.41, 5.74) is 4.70. The Bertz CT molecular complexity index is 408. The zero-order valence-corrected chi connectivity index (χ0v) is 11.9. The monoisotopic (exact) mass is 258 g/mol. The molecule has 1 saturated heterocycles. The Balaban J connectivity index is 1.35. The highest BCUT2D eigenvalue weighted by Crippen LogP contribution is 2.22. The molecule has 0 spiro atoms. The summed E-state index contributed by atoms with van der Waals surface area (Å²) in [4.78, 5) is 0. The first-order chi connectivity index (χ1) is 9.42. The molecular weight excluding hydrogens is 232 g/mol. The SMILES string of the molecule is c1cc2c(cc1CCNCCC1CCCN1)CCC2. The van der Waals surface area contributed by atoms with Crippen LogP contribution in [0.15, 0.2) is 18.2 Å². The molecule has 1 unspecified atom stereocenters. The van der Waals surface area contributed by atoms with Crippen LogP contribution < -0.4 is 10.6 Å². The molecule has 19 heavy (non-hydrogen) atoms. The van der Waals surface area contributed by atoms with Gasteiger partial charge in [0.05, 0.1) is 0 Å². The maximum Gasteiger partial charge on any atom is 0.00796 e. The predicted molar refractivity (Wildman–Crippen MR) is 80.7 cm³/mol. The molecular formula is C17H26N2. The number of hydrogen-bond acceptors (Lipinski definition) is 2. The largest absolute Gasteiger partial charge is 0.316 e. The van der Waals surface area contributed by atoms with Crippen LogP contribution in [0.4, 0.5) is 0 Å². The molecule has 0 saturated carbocycles. The average Bonchev–Trinajstić information content (AvgIpc) is 3.08. The van der Waals surface area contributed by atoms with E-state index in [1.165, 1.54) is 57.1 Å². The lowest BCUT2D eigenvalue weighted by molar-refractivity contribution is 0.525. The minimum absolute atomic E-state index is 0.771. The van der Waals surface area contributed by atoms with E-state index in [4.69, 9.17) is 0 Å². The van der Waals surface area contributed by atoms with Gasteiger partial charge in [0.15, 0.2) is 0 Å². The van der Waals surface area contributed by atoms with Crippen molar-refractivity contribution in [3.05, 3.63) is 34.9 Å². The van der Waals surface area contributed by atoms with Crippen molar-refractivity contribution in [2.75, 3.05) is 19.6 Å². The molecule has 1 fully saturated rings. The topological polar surface area (TPSA) is 24.1 Å². The maximum absolute atomic E-state index is 3.59. The van der Waals surface area contributed by atoms with Crippen LogP contribution in [-0.2, 0) is 19.3 Å². The van der Waals surface area contributed by atoms with Gasteiger partial charge in [-0.05, 0) is 81.3 Å². The van der Waals surface area contributed by atoms with E-state index in [2.05, 4.69) is 28.8 Å². The lowest BCUT2D eigenvalue weighted by atomic mass is 10.0. The summed E-state index contributed by atoms with van der Waals surface area (Å²) in [7, 11) is 0. The van der Waals surface area contributed by atoms with Gasteiger partial charge in [-0.2, -0.15) is 0 Å². The zero-order valence-electron chi connectivity index (χ0n) is 11.9. The quantitative estimate of drug-likeness (QED) is 0.766. The van der Waals surface area contributed by atoms with Crippen LogP contribution in [0, 0.1) is 0 Å². The van der Waals surface area contributed by atoms with E-state index in [1.807, 2.05) is 0 Å². The van der Waals surface area contributed by atoms with E-state index in [-0.39, 0.29) is 0 Å². The number of hydrogen-bond donors (Lipinski definition) is 2. The van der Waals surface area contributed by atoms with Crippen LogP contribution in [0.3, 0.4) is 0 Å². The van der Waals surface area contributed by atoms with E-state index in [0.717, 1.165) is 19.1 Å². The fourth-order valence-electron chi connectivity index (χ4n) is 3.42. The Morgan fingerprint density at radius 1 is 1.11 bits per heavy atom. The molecule has 0 amide bonds. The first-order valence-corrected chi connectivity index (χ1v) is 7.96. The molecule has 2 N–H and O–H groups in total. The Morgan fingerprint density at radius 3 is 2.95 bits per heavy atom. The second-order valence-electron chi connectivity index (χ2n) is 6.04. The van der Waals surface area contributed by atoms with Crippen molar-refractivity contribution in [3.8, 4) is 0 Å². The predicted octanol–water partition coefficient (Wildman–Crippen LogP) is 2.45. The van der Waals surface area contributed by atoms with Crippen molar-refractivity contribution in [3.63, 3.8) is 0 Å². The molecule has 0 aromatic heterocycles. The van der Waals surface area contributed by atoms with Crippen LogP contribution in [0.25, 0.3) is 0 Å². The lowest BCUT2D eigenvalue weighted by Gasteiger charge is -2.11. The standard InChI is InChI=1S/C17H26N2/c1-3-15-7-6-14(13-16(15)4-1)8-11-18-12-9-17-5-2-10-19-17/h6-7,13,17-19H,1-5,8-12H2. The molecule has 3 rings (SSSR count). The summed E-state index contributed by atoms with van der Waals surface area (Å²) < 4.78 is 0. The molecule has 1 aliphatic carbocycles. The number of benzene rings is 1. The van der Waals surface area contributed by atoms with E-state index >= 15 is 0 Å². The highest BCUT2D eigenvalue weighted by Gasteiger charge is 2.13. The van der Waals surface area contributed by atoms with Gasteiger partial charge in [0, 0.05) is 6.04 Å². The Labute approximate surface area is 117 Å². The van der Waals surface area contributed by atoms with Gasteiger partial charge in [-0.15, -0.1) is 0 Å². The molecule has 1 aromatic carbocycles. The van der Waals surface area contributed by atoms with Crippen LogP contribution >= 0.6 is 0 Å². The summed E-state index contributed by atoms with van der Waals surface area (Å²) in [5, 5.41) is 7.14. The molecule has 1 aromatic rings. The molecule has 0 radical (unpaired) electrons. The second kappa shape index (κ2) is 6.53. The van der Waals surface area contributed by atoms with Gasteiger partial charge in [-0.1, -0.05) is 18.2 Å². The molecule has 1 heterocycles. The fraction of sp³-hybridized carbons (Fsp3) is 0.647. The van der Waals surface area contributed by atoms with Crippen LogP contribution in [0.1, 0.15) is 42.4 Å². The van der Waals surface area contributed by atoms with Crippen LogP contribution in [0.5, 0.6) is 0 Å². The van der Waals surface area contributed by atoms with Crippen molar-refractivity contribution in [2.45, 2.75) is 51.0 Å². The Hall–Kier alpha value is -0.860. The summed E-state index contributed by atoms with van der Waals surface area (Å²) >= 11 is 0. The molecule has 104 valence electrons. The highest BCUT2D eigenvalue weighted by atomic mass is 14.9. The van der Waals surface area contributed by atoms with Crippen LogP contribution in [-0.4, -0.2) is 25.7 Å². The van der Waals surface area contributed by atoms with Gasteiger partial charge in [-0.3, -0.25) is 0 Å². The van der Waals surface area contributed by atoms with Crippen molar-refractivity contribution in [1.82, 2.24) is 10.6 Å². The van der Waals surface area contributed by atoms with Gasteiger partial charge in [0.2, 0.25) is 0 Å². The van der Waals surface area contributed by atoms with Crippen molar-refractivity contribution >= 4 is 0 Å². The normalized spacial score (nSPS) is 21.8. The van der Waals surface area contributed by atoms with E-state index in [1.54, 1.807) is 11.1 Å². The summed E-state index contributed by atoms with van der Waals surface area (Å²) in [5.74, 6) is 0. The summed E-state index contributed by atoms with van der Waals surface area (Å²) in [6.07, 6.45) is 9.12. The van der Waals surface area contributed by atoms with Crippen molar-refractivity contribution in [2.24, 2.45) is 0 Å². The molecule has 2 nitrogen and oxygen atoms in total. The summed E-state index contributed by atoms with van der Waals surface area (Å²) in [6.45, 7) is 3.49. The minimum atomic E-state index is 0.771. The van der Waals surface area contributed by atoms with Gasteiger partial charge in [-0.25, -0.2) is 0 Å². The summed E-state index contributed by atoms with van der Waals surface area (Å²) in [6, 6.07) is 7.88. The van der Waals surface area contributed by atoms with Gasteiger partial charge >= 0.3 is 0 Å². The van der Waals surface area contributed by atoms with E-state index in [9.17, 15) is 0 Å². The maximum atomic E-state index is 3.59. The molecule has 0 bridgehead atoms.